The van der Waals surface area contributed by atoms with Crippen LogP contribution in [-0.4, -0.2) is 63.0 Å². The van der Waals surface area contributed by atoms with Crippen LogP contribution in [0.4, 0.5) is 0 Å². The fourth-order valence-electron chi connectivity index (χ4n) is 3.78. The first-order valence-electron chi connectivity index (χ1n) is 10.2. The number of guanidine groups is 1. The summed E-state index contributed by atoms with van der Waals surface area (Å²) in [6, 6.07) is 8.28. The molecule has 6 heteroatoms. The van der Waals surface area contributed by atoms with E-state index in [1.165, 1.54) is 18.4 Å². The predicted octanol–water partition coefficient (Wildman–Crippen LogP) is 2.43. The fraction of sp³-hybridized carbons (Fsp3) is 0.667. The van der Waals surface area contributed by atoms with Gasteiger partial charge in [-0.15, -0.1) is 0 Å². The molecule has 27 heavy (non-hydrogen) atoms. The second kappa shape index (κ2) is 8.93. The summed E-state index contributed by atoms with van der Waals surface area (Å²) >= 11 is 0. The van der Waals surface area contributed by atoms with Crippen LogP contribution in [0.2, 0.25) is 0 Å². The molecule has 1 aliphatic carbocycles. The molecule has 0 radical (unpaired) electrons. The van der Waals surface area contributed by atoms with E-state index < -0.39 is 0 Å². The molecule has 2 saturated heterocycles. The zero-order valence-electron chi connectivity index (χ0n) is 16.2. The van der Waals surface area contributed by atoms with Gasteiger partial charge in [0.1, 0.15) is 11.9 Å². The highest BCUT2D eigenvalue weighted by molar-refractivity contribution is 5.80. The first-order chi connectivity index (χ1) is 13.3. The quantitative estimate of drug-likeness (QED) is 0.613. The van der Waals surface area contributed by atoms with Crippen molar-refractivity contribution in [2.75, 3.05) is 40.0 Å². The number of rotatable bonds is 6. The van der Waals surface area contributed by atoms with Gasteiger partial charge >= 0.3 is 0 Å². The summed E-state index contributed by atoms with van der Waals surface area (Å²) in [5.41, 5.74) is 1.17. The molecule has 3 aliphatic rings. The smallest absolute Gasteiger partial charge is 0.194 e. The third kappa shape index (κ3) is 4.93. The van der Waals surface area contributed by atoms with Crippen molar-refractivity contribution >= 4 is 5.96 Å². The SMILES string of the molecule is CN=C(NCc1ccccc1OCC1CC1)N1CCOC(C2CCCO2)C1. The second-order valence-corrected chi connectivity index (χ2v) is 7.67. The summed E-state index contributed by atoms with van der Waals surface area (Å²) < 4.78 is 17.8. The summed E-state index contributed by atoms with van der Waals surface area (Å²) in [5, 5.41) is 3.51. The van der Waals surface area contributed by atoms with E-state index in [2.05, 4.69) is 33.4 Å². The predicted molar refractivity (Wildman–Crippen MR) is 105 cm³/mol. The van der Waals surface area contributed by atoms with Gasteiger partial charge in [-0.25, -0.2) is 0 Å². The number of morpholine rings is 1. The molecule has 2 heterocycles. The lowest BCUT2D eigenvalue weighted by Gasteiger charge is -2.37. The Balaban J connectivity index is 1.33. The minimum absolute atomic E-state index is 0.133. The zero-order chi connectivity index (χ0) is 18.5. The number of hydrogen-bond acceptors (Lipinski definition) is 4. The van der Waals surface area contributed by atoms with Gasteiger partial charge in [-0.2, -0.15) is 0 Å². The largest absolute Gasteiger partial charge is 0.493 e. The van der Waals surface area contributed by atoms with E-state index in [1.807, 2.05) is 13.1 Å². The normalized spacial score (nSPS) is 26.3. The van der Waals surface area contributed by atoms with Crippen LogP contribution < -0.4 is 10.1 Å². The van der Waals surface area contributed by atoms with Gasteiger partial charge in [0.25, 0.3) is 0 Å². The van der Waals surface area contributed by atoms with Crippen molar-refractivity contribution in [3.8, 4) is 5.75 Å². The number of nitrogens with zero attached hydrogens (tertiary/aromatic N) is 2. The number of hydrogen-bond donors (Lipinski definition) is 1. The molecule has 0 aromatic heterocycles. The third-order valence-corrected chi connectivity index (χ3v) is 5.57. The highest BCUT2D eigenvalue weighted by atomic mass is 16.5. The molecule has 0 spiro atoms. The maximum atomic E-state index is 6.03. The molecule has 1 saturated carbocycles. The van der Waals surface area contributed by atoms with Gasteiger partial charge < -0.3 is 24.4 Å². The van der Waals surface area contributed by atoms with Crippen molar-refractivity contribution < 1.29 is 14.2 Å². The standard InChI is InChI=1S/C21H31N3O3/c1-22-21(24-10-12-26-20(14-24)19-7-4-11-25-19)23-13-17-5-2-3-6-18(17)27-15-16-8-9-16/h2-3,5-6,16,19-20H,4,7-15H2,1H3,(H,22,23). The van der Waals surface area contributed by atoms with E-state index in [0.717, 1.165) is 56.8 Å². The van der Waals surface area contributed by atoms with E-state index in [0.29, 0.717) is 13.2 Å². The van der Waals surface area contributed by atoms with Crippen molar-refractivity contribution in [3.05, 3.63) is 29.8 Å². The van der Waals surface area contributed by atoms with Crippen molar-refractivity contribution in [2.24, 2.45) is 10.9 Å². The van der Waals surface area contributed by atoms with Gasteiger partial charge in [0, 0.05) is 38.9 Å². The molecule has 0 bridgehead atoms. The van der Waals surface area contributed by atoms with Crippen LogP contribution >= 0.6 is 0 Å². The van der Waals surface area contributed by atoms with E-state index in [4.69, 9.17) is 14.2 Å². The van der Waals surface area contributed by atoms with Gasteiger partial charge in [-0.3, -0.25) is 4.99 Å². The van der Waals surface area contributed by atoms with Gasteiger partial charge in [-0.1, -0.05) is 18.2 Å². The Bertz CT molecular complexity index is 641. The monoisotopic (exact) mass is 373 g/mol. The Hall–Kier alpha value is -1.79. The Labute approximate surface area is 161 Å². The number of aliphatic imine (C=N–C) groups is 1. The molecule has 3 fully saturated rings. The maximum Gasteiger partial charge on any atom is 0.194 e. The van der Waals surface area contributed by atoms with Crippen LogP contribution in [0.15, 0.2) is 29.3 Å². The molecular weight excluding hydrogens is 342 g/mol. The lowest BCUT2D eigenvalue weighted by atomic mass is 10.1. The average Bonchev–Trinajstić information content (AvgIpc) is 3.38. The highest BCUT2D eigenvalue weighted by Gasteiger charge is 2.32. The van der Waals surface area contributed by atoms with E-state index in [1.54, 1.807) is 0 Å². The molecular formula is C21H31N3O3. The van der Waals surface area contributed by atoms with Crippen LogP contribution in [0.3, 0.4) is 0 Å². The topological polar surface area (TPSA) is 55.3 Å². The minimum atomic E-state index is 0.133. The number of ether oxygens (including phenoxy) is 3. The number of para-hydroxylation sites is 1. The maximum absolute atomic E-state index is 6.03. The van der Waals surface area contributed by atoms with Crippen molar-refractivity contribution in [1.29, 1.82) is 0 Å². The van der Waals surface area contributed by atoms with Crippen molar-refractivity contribution in [3.63, 3.8) is 0 Å². The molecule has 1 N–H and O–H groups in total. The minimum Gasteiger partial charge on any atom is -0.493 e. The van der Waals surface area contributed by atoms with E-state index in [-0.39, 0.29) is 12.2 Å². The molecule has 2 aliphatic heterocycles. The van der Waals surface area contributed by atoms with Crippen molar-refractivity contribution in [1.82, 2.24) is 10.2 Å². The molecule has 0 amide bonds. The van der Waals surface area contributed by atoms with Crippen molar-refractivity contribution in [2.45, 2.75) is 44.4 Å². The van der Waals surface area contributed by atoms with Crippen LogP contribution in [0.5, 0.6) is 5.75 Å². The molecule has 1 aromatic carbocycles. The van der Waals surface area contributed by atoms with Gasteiger partial charge in [-0.05, 0) is 37.7 Å². The molecule has 2 unspecified atom stereocenters. The van der Waals surface area contributed by atoms with Gasteiger partial charge in [0.15, 0.2) is 5.96 Å². The van der Waals surface area contributed by atoms with E-state index >= 15 is 0 Å². The van der Waals surface area contributed by atoms with E-state index in [9.17, 15) is 0 Å². The Morgan fingerprint density at radius 3 is 2.81 bits per heavy atom. The molecule has 4 rings (SSSR count). The van der Waals surface area contributed by atoms with Crippen LogP contribution in [0, 0.1) is 5.92 Å². The summed E-state index contributed by atoms with van der Waals surface area (Å²) in [6.07, 6.45) is 5.19. The summed E-state index contributed by atoms with van der Waals surface area (Å²) in [5.74, 6) is 2.65. The van der Waals surface area contributed by atoms with Gasteiger partial charge in [0.2, 0.25) is 0 Å². The van der Waals surface area contributed by atoms with Crippen LogP contribution in [-0.2, 0) is 16.0 Å². The molecule has 148 valence electrons. The second-order valence-electron chi connectivity index (χ2n) is 7.67. The Morgan fingerprint density at radius 2 is 2.04 bits per heavy atom. The lowest BCUT2D eigenvalue weighted by molar-refractivity contribution is -0.0817. The molecule has 6 nitrogen and oxygen atoms in total. The molecule has 1 aromatic rings. The Morgan fingerprint density at radius 1 is 1.19 bits per heavy atom. The third-order valence-electron chi connectivity index (χ3n) is 5.57. The molecule has 2 atom stereocenters. The van der Waals surface area contributed by atoms with Gasteiger partial charge in [0.05, 0.1) is 19.3 Å². The summed E-state index contributed by atoms with van der Waals surface area (Å²) in [6.45, 7) is 4.78. The van der Waals surface area contributed by atoms with Crippen LogP contribution in [0.25, 0.3) is 0 Å². The average molecular weight is 373 g/mol. The summed E-state index contributed by atoms with van der Waals surface area (Å²) in [7, 11) is 1.84. The first kappa shape index (κ1) is 18.6. The lowest BCUT2D eigenvalue weighted by Crippen LogP contribution is -2.53. The zero-order valence-corrected chi connectivity index (χ0v) is 16.2. The fourth-order valence-corrected chi connectivity index (χ4v) is 3.78. The summed E-state index contributed by atoms with van der Waals surface area (Å²) in [4.78, 5) is 6.78. The highest BCUT2D eigenvalue weighted by Crippen LogP contribution is 2.30. The number of nitrogens with one attached hydrogen (secondary N) is 1. The first-order valence-corrected chi connectivity index (χ1v) is 10.2. The van der Waals surface area contributed by atoms with Crippen LogP contribution in [0.1, 0.15) is 31.2 Å². The number of benzene rings is 1. The Kier molecular flexibility index (Phi) is 6.14.